The van der Waals surface area contributed by atoms with Crippen LogP contribution >= 0.6 is 0 Å². The Morgan fingerprint density at radius 2 is 2.28 bits per heavy atom. The van der Waals surface area contributed by atoms with Gasteiger partial charge >= 0.3 is 0 Å². The number of likely N-dealkylation sites (tertiary alicyclic amines) is 1. The predicted molar refractivity (Wildman–Crippen MR) is 65.4 cm³/mol. The van der Waals surface area contributed by atoms with Crippen molar-refractivity contribution in [3.05, 3.63) is 29.6 Å². The monoisotopic (exact) mass is 248 g/mol. The first-order valence-corrected chi connectivity index (χ1v) is 5.88. The van der Waals surface area contributed by atoms with Gasteiger partial charge in [0, 0.05) is 24.8 Å². The topological polar surface area (TPSA) is 102 Å². The minimum Gasteiger partial charge on any atom is -0.368 e. The van der Waals surface area contributed by atoms with Crippen LogP contribution in [0.25, 0.3) is 0 Å². The summed E-state index contributed by atoms with van der Waals surface area (Å²) in [7, 11) is 0. The Labute approximate surface area is 105 Å². The van der Waals surface area contributed by atoms with E-state index in [9.17, 15) is 9.59 Å². The first-order valence-electron chi connectivity index (χ1n) is 5.88. The molecular weight excluding hydrogens is 232 g/mol. The molecule has 0 bridgehead atoms. The van der Waals surface area contributed by atoms with Crippen LogP contribution in [-0.2, 0) is 11.3 Å². The Hall–Kier alpha value is -1.95. The molecule has 1 aliphatic heterocycles. The Bertz CT molecular complexity index is 475. The van der Waals surface area contributed by atoms with Crippen molar-refractivity contribution in [3.63, 3.8) is 0 Å². The highest BCUT2D eigenvalue weighted by atomic mass is 16.2. The summed E-state index contributed by atoms with van der Waals surface area (Å²) in [6, 6.07) is 2.78. The third-order valence-electron chi connectivity index (χ3n) is 3.11. The van der Waals surface area contributed by atoms with Gasteiger partial charge in [-0.3, -0.25) is 14.6 Å². The number of primary amides is 1. The highest BCUT2D eigenvalue weighted by Gasteiger charge is 2.33. The Morgan fingerprint density at radius 3 is 2.94 bits per heavy atom. The molecule has 6 heteroatoms. The fourth-order valence-corrected chi connectivity index (χ4v) is 2.19. The van der Waals surface area contributed by atoms with Crippen LogP contribution in [0, 0.1) is 0 Å². The molecule has 1 fully saturated rings. The standard InChI is InChI=1S/C12H16N4O2/c13-7-9-6-8(3-4-15-9)12(18)16-5-1-2-10(16)11(14)17/h3-4,6,10H,1-2,5,7,13H2,(H2,14,17). The van der Waals surface area contributed by atoms with Crippen LogP contribution in [0.3, 0.4) is 0 Å². The van der Waals surface area contributed by atoms with Gasteiger partial charge in [0.2, 0.25) is 5.91 Å². The van der Waals surface area contributed by atoms with Crippen molar-refractivity contribution >= 4 is 11.8 Å². The number of nitrogens with zero attached hydrogens (tertiary/aromatic N) is 2. The lowest BCUT2D eigenvalue weighted by Gasteiger charge is -2.22. The van der Waals surface area contributed by atoms with E-state index in [1.807, 2.05) is 0 Å². The molecule has 2 heterocycles. The van der Waals surface area contributed by atoms with Gasteiger partial charge in [-0.25, -0.2) is 0 Å². The zero-order valence-corrected chi connectivity index (χ0v) is 10.0. The minimum atomic E-state index is -0.494. The average Bonchev–Trinajstić information content (AvgIpc) is 2.87. The molecule has 1 aromatic rings. The lowest BCUT2D eigenvalue weighted by atomic mass is 10.1. The van der Waals surface area contributed by atoms with E-state index in [0.717, 1.165) is 6.42 Å². The van der Waals surface area contributed by atoms with E-state index in [2.05, 4.69) is 4.98 Å². The Kier molecular flexibility index (Phi) is 3.57. The Morgan fingerprint density at radius 1 is 1.50 bits per heavy atom. The van der Waals surface area contributed by atoms with Gasteiger partial charge in [0.05, 0.1) is 5.69 Å². The summed E-state index contributed by atoms with van der Waals surface area (Å²) in [6.07, 6.45) is 2.98. The summed E-state index contributed by atoms with van der Waals surface area (Å²) >= 11 is 0. The van der Waals surface area contributed by atoms with Gasteiger partial charge in [-0.2, -0.15) is 0 Å². The quantitative estimate of drug-likeness (QED) is 0.761. The lowest BCUT2D eigenvalue weighted by Crippen LogP contribution is -2.43. The molecule has 96 valence electrons. The average molecular weight is 248 g/mol. The highest BCUT2D eigenvalue weighted by Crippen LogP contribution is 2.19. The van der Waals surface area contributed by atoms with E-state index in [4.69, 9.17) is 11.5 Å². The number of pyridine rings is 1. The normalized spacial score (nSPS) is 18.9. The van der Waals surface area contributed by atoms with Crippen molar-refractivity contribution in [2.24, 2.45) is 11.5 Å². The second-order valence-corrected chi connectivity index (χ2v) is 4.30. The highest BCUT2D eigenvalue weighted by molar-refractivity contribution is 5.97. The van der Waals surface area contributed by atoms with Crippen molar-refractivity contribution in [1.29, 1.82) is 0 Å². The second kappa shape index (κ2) is 5.14. The summed E-state index contributed by atoms with van der Waals surface area (Å²) in [5.41, 5.74) is 11.9. The van der Waals surface area contributed by atoms with Crippen LogP contribution in [0.2, 0.25) is 0 Å². The number of aromatic nitrogens is 1. The Balaban J connectivity index is 2.22. The van der Waals surface area contributed by atoms with E-state index >= 15 is 0 Å². The molecule has 2 amide bonds. The van der Waals surface area contributed by atoms with Gasteiger partial charge in [-0.15, -0.1) is 0 Å². The number of rotatable bonds is 3. The number of carbonyl (C=O) groups is 2. The zero-order valence-electron chi connectivity index (χ0n) is 10.0. The van der Waals surface area contributed by atoms with Gasteiger partial charge in [-0.1, -0.05) is 0 Å². The molecule has 4 N–H and O–H groups in total. The molecule has 0 aromatic carbocycles. The molecular formula is C12H16N4O2. The third kappa shape index (κ3) is 2.33. The maximum absolute atomic E-state index is 12.3. The van der Waals surface area contributed by atoms with Crippen LogP contribution in [0.15, 0.2) is 18.3 Å². The maximum Gasteiger partial charge on any atom is 0.254 e. The number of hydrogen-bond acceptors (Lipinski definition) is 4. The van der Waals surface area contributed by atoms with Gasteiger partial charge < -0.3 is 16.4 Å². The first-order chi connectivity index (χ1) is 8.63. The fraction of sp³-hybridized carbons (Fsp3) is 0.417. The van der Waals surface area contributed by atoms with Gasteiger partial charge in [-0.05, 0) is 25.0 Å². The van der Waals surface area contributed by atoms with Crippen molar-refractivity contribution in [3.8, 4) is 0 Å². The van der Waals surface area contributed by atoms with E-state index in [0.29, 0.717) is 24.2 Å². The van der Waals surface area contributed by atoms with Crippen molar-refractivity contribution in [1.82, 2.24) is 9.88 Å². The molecule has 18 heavy (non-hydrogen) atoms. The van der Waals surface area contributed by atoms with Crippen LogP contribution in [0.4, 0.5) is 0 Å². The SMILES string of the molecule is NCc1cc(C(=O)N2CCCC2C(N)=O)ccn1. The minimum absolute atomic E-state index is 0.187. The van der Waals surface area contributed by atoms with E-state index in [1.54, 1.807) is 18.3 Å². The van der Waals surface area contributed by atoms with Gasteiger partial charge in [0.15, 0.2) is 0 Å². The fourth-order valence-electron chi connectivity index (χ4n) is 2.19. The molecule has 1 saturated heterocycles. The maximum atomic E-state index is 12.3. The number of nitrogens with two attached hydrogens (primary N) is 2. The van der Waals surface area contributed by atoms with Gasteiger partial charge in [0.25, 0.3) is 5.91 Å². The van der Waals surface area contributed by atoms with E-state index in [-0.39, 0.29) is 12.5 Å². The summed E-state index contributed by atoms with van der Waals surface area (Å²) in [6.45, 7) is 0.840. The molecule has 0 aliphatic carbocycles. The summed E-state index contributed by atoms with van der Waals surface area (Å²) in [4.78, 5) is 29.1. The van der Waals surface area contributed by atoms with E-state index < -0.39 is 11.9 Å². The number of hydrogen-bond donors (Lipinski definition) is 2. The molecule has 0 saturated carbocycles. The largest absolute Gasteiger partial charge is 0.368 e. The van der Waals surface area contributed by atoms with Crippen LogP contribution in [0.5, 0.6) is 0 Å². The van der Waals surface area contributed by atoms with Crippen LogP contribution in [-0.4, -0.2) is 34.3 Å². The summed E-state index contributed by atoms with van der Waals surface area (Å²) < 4.78 is 0. The molecule has 0 spiro atoms. The summed E-state index contributed by atoms with van der Waals surface area (Å²) in [5.74, 6) is -0.637. The number of amides is 2. The molecule has 1 aromatic heterocycles. The molecule has 6 nitrogen and oxygen atoms in total. The van der Waals surface area contributed by atoms with Crippen LogP contribution in [0.1, 0.15) is 28.9 Å². The van der Waals surface area contributed by atoms with Crippen LogP contribution < -0.4 is 11.5 Å². The van der Waals surface area contributed by atoms with E-state index in [1.165, 1.54) is 4.90 Å². The lowest BCUT2D eigenvalue weighted by molar-refractivity contribution is -0.121. The van der Waals surface area contributed by atoms with Crippen molar-refractivity contribution < 1.29 is 9.59 Å². The molecule has 1 atom stereocenters. The molecule has 0 radical (unpaired) electrons. The zero-order chi connectivity index (χ0) is 13.1. The van der Waals surface area contributed by atoms with Crippen molar-refractivity contribution in [2.75, 3.05) is 6.54 Å². The van der Waals surface area contributed by atoms with Crippen molar-refractivity contribution in [2.45, 2.75) is 25.4 Å². The molecule has 1 unspecified atom stereocenters. The smallest absolute Gasteiger partial charge is 0.254 e. The molecule has 2 rings (SSSR count). The number of carbonyl (C=O) groups excluding carboxylic acids is 2. The van der Waals surface area contributed by atoms with Gasteiger partial charge in [0.1, 0.15) is 6.04 Å². The predicted octanol–water partition coefficient (Wildman–Crippen LogP) is -0.370. The summed E-state index contributed by atoms with van der Waals surface area (Å²) in [5, 5.41) is 0. The first kappa shape index (κ1) is 12.5. The third-order valence-corrected chi connectivity index (χ3v) is 3.11. The second-order valence-electron chi connectivity index (χ2n) is 4.30. The molecule has 1 aliphatic rings.